The number of anilines is 1. The molecule has 2 aromatic rings. The second-order valence-corrected chi connectivity index (χ2v) is 5.83. The molecule has 0 radical (unpaired) electrons. The normalized spacial score (nSPS) is 21.3. The molecule has 0 aromatic heterocycles. The van der Waals surface area contributed by atoms with Crippen LogP contribution >= 0.6 is 0 Å². The molecule has 4 rings (SSSR count). The van der Waals surface area contributed by atoms with Gasteiger partial charge in [0.15, 0.2) is 0 Å². The lowest BCUT2D eigenvalue weighted by molar-refractivity contribution is -0.119. The summed E-state index contributed by atoms with van der Waals surface area (Å²) in [5.41, 5.74) is 5.02. The first kappa shape index (κ1) is 12.6. The van der Waals surface area contributed by atoms with E-state index in [-0.39, 0.29) is 11.9 Å². The fraction of sp³-hybridized carbons (Fsp3) is 0.278. The molecule has 0 saturated carbocycles. The molecule has 0 aliphatic carbocycles. The Hall–Kier alpha value is -2.13. The summed E-state index contributed by atoms with van der Waals surface area (Å²) in [5, 5.41) is 0. The fourth-order valence-electron chi connectivity index (χ4n) is 3.59. The van der Waals surface area contributed by atoms with Crippen LogP contribution < -0.4 is 4.90 Å². The molecule has 2 heterocycles. The van der Waals surface area contributed by atoms with Crippen LogP contribution in [0.3, 0.4) is 0 Å². The minimum atomic E-state index is 0.171. The molecule has 0 fully saturated rings. The maximum atomic E-state index is 12.4. The van der Waals surface area contributed by atoms with Crippen molar-refractivity contribution in [3.8, 4) is 0 Å². The van der Waals surface area contributed by atoms with Crippen LogP contribution in [0.15, 0.2) is 48.5 Å². The Morgan fingerprint density at radius 2 is 1.71 bits per heavy atom. The van der Waals surface area contributed by atoms with Crippen molar-refractivity contribution < 1.29 is 4.79 Å². The molecule has 1 unspecified atom stereocenters. The van der Waals surface area contributed by atoms with Crippen LogP contribution in [-0.4, -0.2) is 30.9 Å². The van der Waals surface area contributed by atoms with Crippen molar-refractivity contribution in [2.24, 2.45) is 0 Å². The van der Waals surface area contributed by atoms with E-state index in [0.717, 1.165) is 18.7 Å². The molecular formula is C18H18N2O. The highest BCUT2D eigenvalue weighted by molar-refractivity contribution is 5.96. The van der Waals surface area contributed by atoms with Crippen molar-refractivity contribution in [2.75, 3.05) is 25.0 Å². The van der Waals surface area contributed by atoms with Gasteiger partial charge in [0.25, 0.3) is 0 Å². The van der Waals surface area contributed by atoms with Gasteiger partial charge in [0, 0.05) is 19.3 Å². The topological polar surface area (TPSA) is 23.6 Å². The van der Waals surface area contributed by atoms with E-state index in [0.29, 0.717) is 6.54 Å². The van der Waals surface area contributed by atoms with Gasteiger partial charge in [0.05, 0.1) is 12.6 Å². The van der Waals surface area contributed by atoms with Gasteiger partial charge in [-0.2, -0.15) is 0 Å². The van der Waals surface area contributed by atoms with E-state index >= 15 is 0 Å². The first-order valence-electron chi connectivity index (χ1n) is 7.43. The highest BCUT2D eigenvalue weighted by Crippen LogP contribution is 2.40. The molecule has 1 atom stereocenters. The molecule has 0 N–H and O–H groups in total. The van der Waals surface area contributed by atoms with Gasteiger partial charge in [-0.15, -0.1) is 0 Å². The smallest absolute Gasteiger partial charge is 0.240 e. The summed E-state index contributed by atoms with van der Waals surface area (Å²) in [4.78, 5) is 16.5. The lowest BCUT2D eigenvalue weighted by Gasteiger charge is -2.35. The Morgan fingerprint density at radius 3 is 2.57 bits per heavy atom. The second kappa shape index (κ2) is 4.71. The Bertz CT molecular complexity index is 710. The van der Waals surface area contributed by atoms with Crippen LogP contribution in [0, 0.1) is 0 Å². The summed E-state index contributed by atoms with van der Waals surface area (Å²) in [7, 11) is 1.88. The van der Waals surface area contributed by atoms with Crippen LogP contribution in [0.1, 0.15) is 22.7 Å². The number of hydrogen-bond donors (Lipinski definition) is 0. The molecule has 2 aromatic carbocycles. The van der Waals surface area contributed by atoms with Gasteiger partial charge in [-0.25, -0.2) is 0 Å². The number of benzene rings is 2. The molecule has 106 valence electrons. The van der Waals surface area contributed by atoms with E-state index in [9.17, 15) is 4.79 Å². The van der Waals surface area contributed by atoms with E-state index < -0.39 is 0 Å². The van der Waals surface area contributed by atoms with Crippen molar-refractivity contribution in [3.05, 3.63) is 65.2 Å². The zero-order chi connectivity index (χ0) is 14.4. The first-order chi connectivity index (χ1) is 10.3. The molecule has 0 saturated heterocycles. The van der Waals surface area contributed by atoms with Crippen molar-refractivity contribution in [1.82, 2.24) is 4.90 Å². The molecule has 21 heavy (non-hydrogen) atoms. The SMILES string of the molecule is CN1C(=O)CN2CCc3ccccc3C2c2ccccc21. The van der Waals surface area contributed by atoms with Gasteiger partial charge in [-0.3, -0.25) is 9.69 Å². The van der Waals surface area contributed by atoms with Crippen molar-refractivity contribution in [2.45, 2.75) is 12.5 Å². The third-order valence-electron chi connectivity index (χ3n) is 4.69. The maximum absolute atomic E-state index is 12.4. The number of fused-ring (bicyclic) bond motifs is 5. The Balaban J connectivity index is 1.95. The molecular weight excluding hydrogens is 260 g/mol. The summed E-state index contributed by atoms with van der Waals surface area (Å²) >= 11 is 0. The summed E-state index contributed by atoms with van der Waals surface area (Å²) in [6.45, 7) is 1.43. The lowest BCUT2D eigenvalue weighted by atomic mass is 9.88. The summed E-state index contributed by atoms with van der Waals surface area (Å²) in [6, 6.07) is 17.1. The number of amides is 1. The largest absolute Gasteiger partial charge is 0.314 e. The molecule has 0 spiro atoms. The average Bonchev–Trinajstić information content (AvgIpc) is 2.64. The van der Waals surface area contributed by atoms with E-state index in [4.69, 9.17) is 0 Å². The summed E-state index contributed by atoms with van der Waals surface area (Å²) in [5.74, 6) is 0.171. The van der Waals surface area contributed by atoms with Gasteiger partial charge in [-0.05, 0) is 29.2 Å². The molecule has 3 nitrogen and oxygen atoms in total. The number of carbonyl (C=O) groups excluding carboxylic acids is 1. The van der Waals surface area contributed by atoms with Crippen LogP contribution in [0.5, 0.6) is 0 Å². The second-order valence-electron chi connectivity index (χ2n) is 5.83. The Morgan fingerprint density at radius 1 is 1.00 bits per heavy atom. The monoisotopic (exact) mass is 278 g/mol. The van der Waals surface area contributed by atoms with Gasteiger partial charge in [0.1, 0.15) is 0 Å². The number of hydrogen-bond acceptors (Lipinski definition) is 2. The van der Waals surface area contributed by atoms with Crippen LogP contribution in [0.4, 0.5) is 5.69 Å². The van der Waals surface area contributed by atoms with Crippen LogP contribution in [0.2, 0.25) is 0 Å². The fourth-order valence-corrected chi connectivity index (χ4v) is 3.59. The predicted molar refractivity (Wildman–Crippen MR) is 83.4 cm³/mol. The van der Waals surface area contributed by atoms with Gasteiger partial charge in [-0.1, -0.05) is 42.5 Å². The number of carbonyl (C=O) groups is 1. The zero-order valence-electron chi connectivity index (χ0n) is 12.1. The standard InChI is InChI=1S/C18H18N2O/c1-19-16-9-5-4-8-15(16)18-14-7-3-2-6-13(14)10-11-20(18)12-17(19)21/h2-9,18H,10-12H2,1H3. The van der Waals surface area contributed by atoms with E-state index in [1.165, 1.54) is 16.7 Å². The third-order valence-corrected chi connectivity index (χ3v) is 4.69. The molecule has 0 bridgehead atoms. The maximum Gasteiger partial charge on any atom is 0.240 e. The molecule has 1 amide bonds. The van der Waals surface area contributed by atoms with Gasteiger partial charge >= 0.3 is 0 Å². The molecule has 2 aliphatic rings. The third kappa shape index (κ3) is 1.88. The number of para-hydroxylation sites is 1. The molecule has 3 heteroatoms. The van der Waals surface area contributed by atoms with E-state index in [2.05, 4.69) is 41.3 Å². The van der Waals surface area contributed by atoms with Crippen molar-refractivity contribution >= 4 is 11.6 Å². The first-order valence-corrected chi connectivity index (χ1v) is 7.43. The highest BCUT2D eigenvalue weighted by atomic mass is 16.2. The predicted octanol–water partition coefficient (Wildman–Crippen LogP) is 2.61. The van der Waals surface area contributed by atoms with E-state index in [1.807, 2.05) is 19.2 Å². The van der Waals surface area contributed by atoms with Crippen molar-refractivity contribution in [1.29, 1.82) is 0 Å². The number of rotatable bonds is 0. The Labute approximate surface area is 124 Å². The van der Waals surface area contributed by atoms with Gasteiger partial charge < -0.3 is 4.90 Å². The zero-order valence-corrected chi connectivity index (χ0v) is 12.1. The van der Waals surface area contributed by atoms with Crippen LogP contribution in [-0.2, 0) is 11.2 Å². The lowest BCUT2D eigenvalue weighted by Crippen LogP contribution is -2.40. The number of nitrogens with zero attached hydrogens (tertiary/aromatic N) is 2. The average molecular weight is 278 g/mol. The van der Waals surface area contributed by atoms with Crippen molar-refractivity contribution in [3.63, 3.8) is 0 Å². The summed E-state index contributed by atoms with van der Waals surface area (Å²) < 4.78 is 0. The van der Waals surface area contributed by atoms with Crippen LogP contribution in [0.25, 0.3) is 0 Å². The van der Waals surface area contributed by atoms with E-state index in [1.54, 1.807) is 4.90 Å². The Kier molecular flexibility index (Phi) is 2.82. The minimum Gasteiger partial charge on any atom is -0.314 e. The van der Waals surface area contributed by atoms with Gasteiger partial charge in [0.2, 0.25) is 5.91 Å². The minimum absolute atomic E-state index is 0.171. The highest BCUT2D eigenvalue weighted by Gasteiger charge is 2.35. The molecule has 2 aliphatic heterocycles. The number of likely N-dealkylation sites (N-methyl/N-ethyl adjacent to an activating group) is 1. The quantitative estimate of drug-likeness (QED) is 0.739. The summed E-state index contributed by atoms with van der Waals surface area (Å²) in [6.07, 6.45) is 1.02.